The van der Waals surface area contributed by atoms with Crippen LogP contribution in [0.3, 0.4) is 0 Å². The second-order valence-electron chi connectivity index (χ2n) is 4.73. The van der Waals surface area contributed by atoms with Crippen molar-refractivity contribution < 1.29 is 4.79 Å². The summed E-state index contributed by atoms with van der Waals surface area (Å²) < 4.78 is 0. The first kappa shape index (κ1) is 12.7. The van der Waals surface area contributed by atoms with E-state index >= 15 is 0 Å². The highest BCUT2D eigenvalue weighted by atomic mass is 16.1. The molecule has 1 fully saturated rings. The Hall–Kier alpha value is -1.79. The lowest BCUT2D eigenvalue weighted by Gasteiger charge is -2.08. The number of rotatable bonds is 3. The predicted octanol–water partition coefficient (Wildman–Crippen LogP) is 2.04. The molecule has 0 bridgehead atoms. The van der Waals surface area contributed by atoms with Crippen LogP contribution < -0.4 is 11.1 Å². The van der Waals surface area contributed by atoms with E-state index in [9.17, 15) is 4.79 Å². The van der Waals surface area contributed by atoms with Crippen molar-refractivity contribution in [2.24, 2.45) is 11.7 Å². The summed E-state index contributed by atoms with van der Waals surface area (Å²) in [5.74, 6) is 6.52. The summed E-state index contributed by atoms with van der Waals surface area (Å²) in [6, 6.07) is 5.78. The largest absolute Gasteiger partial charge is 0.326 e. The number of benzene rings is 1. The zero-order valence-corrected chi connectivity index (χ0v) is 10.6. The second kappa shape index (κ2) is 5.70. The summed E-state index contributed by atoms with van der Waals surface area (Å²) in [5.41, 5.74) is 8.17. The van der Waals surface area contributed by atoms with Crippen LogP contribution >= 0.6 is 0 Å². The van der Waals surface area contributed by atoms with Gasteiger partial charge in [-0.25, -0.2) is 0 Å². The molecule has 0 spiro atoms. The van der Waals surface area contributed by atoms with Crippen molar-refractivity contribution in [1.82, 2.24) is 0 Å². The van der Waals surface area contributed by atoms with Crippen molar-refractivity contribution in [3.8, 4) is 11.8 Å². The summed E-state index contributed by atoms with van der Waals surface area (Å²) >= 11 is 0. The molecular weight excluding hydrogens is 224 g/mol. The van der Waals surface area contributed by atoms with E-state index in [4.69, 9.17) is 5.73 Å². The second-order valence-corrected chi connectivity index (χ2v) is 4.73. The van der Waals surface area contributed by atoms with Crippen molar-refractivity contribution >= 4 is 11.6 Å². The first-order chi connectivity index (χ1) is 8.69. The molecule has 0 saturated heterocycles. The maximum absolute atomic E-state index is 11.7. The van der Waals surface area contributed by atoms with Crippen LogP contribution in [-0.2, 0) is 4.79 Å². The number of aryl methyl sites for hydroxylation is 1. The molecule has 3 heteroatoms. The van der Waals surface area contributed by atoms with E-state index in [0.717, 1.165) is 16.8 Å². The van der Waals surface area contributed by atoms with Gasteiger partial charge >= 0.3 is 0 Å². The quantitative estimate of drug-likeness (QED) is 0.797. The van der Waals surface area contributed by atoms with Crippen LogP contribution in [0.4, 0.5) is 5.69 Å². The molecule has 3 nitrogen and oxygen atoms in total. The minimum Gasteiger partial charge on any atom is -0.326 e. The average molecular weight is 242 g/mol. The van der Waals surface area contributed by atoms with E-state index in [2.05, 4.69) is 17.2 Å². The summed E-state index contributed by atoms with van der Waals surface area (Å²) in [6.07, 6.45) is 3.04. The normalized spacial score (nSPS) is 13.7. The van der Waals surface area contributed by atoms with Crippen LogP contribution in [0.15, 0.2) is 18.2 Å². The lowest BCUT2D eigenvalue weighted by atomic mass is 10.1. The molecule has 1 aromatic rings. The fraction of sp³-hybridized carbons (Fsp3) is 0.400. The molecule has 1 aliphatic carbocycles. The zero-order chi connectivity index (χ0) is 13.0. The molecule has 0 aromatic heterocycles. The van der Waals surface area contributed by atoms with E-state index < -0.39 is 0 Å². The van der Waals surface area contributed by atoms with Gasteiger partial charge in [0, 0.05) is 17.7 Å². The standard InChI is InChI=1S/C15H18N2O/c1-11-9-12(3-2-8-16)6-7-14(11)17-15(18)10-13-4-5-13/h6-7,9,13H,4-5,8,10,16H2,1H3,(H,17,18). The first-order valence-electron chi connectivity index (χ1n) is 6.28. The molecule has 18 heavy (non-hydrogen) atoms. The molecule has 0 radical (unpaired) electrons. The fourth-order valence-electron chi connectivity index (χ4n) is 1.82. The maximum Gasteiger partial charge on any atom is 0.224 e. The monoisotopic (exact) mass is 242 g/mol. The summed E-state index contributed by atoms with van der Waals surface area (Å²) in [4.78, 5) is 11.7. The Kier molecular flexibility index (Phi) is 4.01. The lowest BCUT2D eigenvalue weighted by molar-refractivity contribution is -0.116. The number of nitrogens with two attached hydrogens (primary N) is 1. The minimum atomic E-state index is 0.112. The molecule has 0 heterocycles. The summed E-state index contributed by atoms with van der Waals surface area (Å²) in [5, 5.41) is 2.95. The van der Waals surface area contributed by atoms with Gasteiger partial charge in [-0.3, -0.25) is 4.79 Å². The van der Waals surface area contributed by atoms with Gasteiger partial charge in [0.25, 0.3) is 0 Å². The van der Waals surface area contributed by atoms with Crippen molar-refractivity contribution in [1.29, 1.82) is 0 Å². The van der Waals surface area contributed by atoms with Crippen LogP contribution in [0, 0.1) is 24.7 Å². The van der Waals surface area contributed by atoms with Gasteiger partial charge in [0.2, 0.25) is 5.91 Å². The molecule has 0 unspecified atom stereocenters. The maximum atomic E-state index is 11.7. The van der Waals surface area contributed by atoms with Crippen molar-refractivity contribution in [3.63, 3.8) is 0 Å². The van der Waals surface area contributed by atoms with Crippen LogP contribution in [0.1, 0.15) is 30.4 Å². The molecule has 94 valence electrons. The van der Waals surface area contributed by atoms with Gasteiger partial charge in [-0.2, -0.15) is 0 Å². The SMILES string of the molecule is Cc1cc(C#CCN)ccc1NC(=O)CC1CC1. The third-order valence-electron chi connectivity index (χ3n) is 3.01. The molecule has 1 amide bonds. The number of nitrogens with one attached hydrogen (secondary N) is 1. The molecule has 0 atom stereocenters. The molecular formula is C15H18N2O. The number of amides is 1. The predicted molar refractivity (Wildman–Crippen MR) is 73.1 cm³/mol. The Labute approximate surface area is 108 Å². The Morgan fingerprint density at radius 1 is 1.50 bits per heavy atom. The van der Waals surface area contributed by atoms with Crippen molar-refractivity contribution in [2.75, 3.05) is 11.9 Å². The molecule has 1 saturated carbocycles. The lowest BCUT2D eigenvalue weighted by Crippen LogP contribution is -2.12. The first-order valence-corrected chi connectivity index (χ1v) is 6.28. The number of hydrogen-bond donors (Lipinski definition) is 2. The molecule has 1 aromatic carbocycles. The number of carbonyl (C=O) groups excluding carboxylic acids is 1. The van der Waals surface area contributed by atoms with Gasteiger partial charge in [0.05, 0.1) is 6.54 Å². The van der Waals surface area contributed by atoms with E-state index in [1.165, 1.54) is 12.8 Å². The van der Waals surface area contributed by atoms with Crippen molar-refractivity contribution in [3.05, 3.63) is 29.3 Å². The van der Waals surface area contributed by atoms with Gasteiger partial charge < -0.3 is 11.1 Å². The van der Waals surface area contributed by atoms with Crippen LogP contribution in [0.25, 0.3) is 0 Å². The number of hydrogen-bond acceptors (Lipinski definition) is 2. The summed E-state index contributed by atoms with van der Waals surface area (Å²) in [6.45, 7) is 2.33. The van der Waals surface area contributed by atoms with E-state index in [-0.39, 0.29) is 5.91 Å². The Morgan fingerprint density at radius 3 is 2.89 bits per heavy atom. The minimum absolute atomic E-state index is 0.112. The van der Waals surface area contributed by atoms with E-state index in [0.29, 0.717) is 18.9 Å². The molecule has 0 aliphatic heterocycles. The third kappa shape index (κ3) is 3.61. The summed E-state index contributed by atoms with van der Waals surface area (Å²) in [7, 11) is 0. The number of carbonyl (C=O) groups is 1. The fourth-order valence-corrected chi connectivity index (χ4v) is 1.82. The van der Waals surface area contributed by atoms with Gasteiger partial charge in [0.1, 0.15) is 0 Å². The highest BCUT2D eigenvalue weighted by molar-refractivity contribution is 5.91. The van der Waals surface area contributed by atoms with Gasteiger partial charge in [-0.1, -0.05) is 11.8 Å². The van der Waals surface area contributed by atoms with Crippen LogP contribution in [-0.4, -0.2) is 12.5 Å². The van der Waals surface area contributed by atoms with Gasteiger partial charge in [-0.15, -0.1) is 0 Å². The van der Waals surface area contributed by atoms with Gasteiger partial charge in [-0.05, 0) is 49.4 Å². The molecule has 1 aliphatic rings. The van der Waals surface area contributed by atoms with Crippen LogP contribution in [0.2, 0.25) is 0 Å². The molecule has 2 rings (SSSR count). The van der Waals surface area contributed by atoms with Gasteiger partial charge in [0.15, 0.2) is 0 Å². The Balaban J connectivity index is 2.01. The topological polar surface area (TPSA) is 55.1 Å². The van der Waals surface area contributed by atoms with E-state index in [1.807, 2.05) is 25.1 Å². The highest BCUT2D eigenvalue weighted by Crippen LogP contribution is 2.32. The smallest absolute Gasteiger partial charge is 0.224 e. The number of anilines is 1. The molecule has 3 N–H and O–H groups in total. The zero-order valence-electron chi connectivity index (χ0n) is 10.6. The Bertz CT molecular complexity index is 507. The van der Waals surface area contributed by atoms with E-state index in [1.54, 1.807) is 0 Å². The third-order valence-corrected chi connectivity index (χ3v) is 3.01. The average Bonchev–Trinajstić information content (AvgIpc) is 3.13. The van der Waals surface area contributed by atoms with Crippen molar-refractivity contribution in [2.45, 2.75) is 26.2 Å². The Morgan fingerprint density at radius 2 is 2.28 bits per heavy atom. The van der Waals surface area contributed by atoms with Crippen LogP contribution in [0.5, 0.6) is 0 Å². The highest BCUT2D eigenvalue weighted by Gasteiger charge is 2.24.